The lowest BCUT2D eigenvalue weighted by Gasteiger charge is -2.17. The summed E-state index contributed by atoms with van der Waals surface area (Å²) in [5, 5.41) is 2.76. The van der Waals surface area contributed by atoms with Crippen LogP contribution in [0.3, 0.4) is 0 Å². The van der Waals surface area contributed by atoms with Gasteiger partial charge in [0, 0.05) is 5.92 Å². The summed E-state index contributed by atoms with van der Waals surface area (Å²) in [6.07, 6.45) is 3.00. The number of anilines is 1. The number of hydrogen-bond acceptors (Lipinski definition) is 2. The summed E-state index contributed by atoms with van der Waals surface area (Å²) in [6, 6.07) is 4.43. The second-order valence-corrected chi connectivity index (χ2v) is 5.47. The molecule has 0 aromatic heterocycles. The summed E-state index contributed by atoms with van der Waals surface area (Å²) in [7, 11) is 0. The normalized spacial score (nSPS) is 22.2. The summed E-state index contributed by atoms with van der Waals surface area (Å²) < 4.78 is 13.7. The van der Waals surface area contributed by atoms with Crippen molar-refractivity contribution in [1.82, 2.24) is 0 Å². The molecular formula is C14H17FN2OS. The molecule has 2 unspecified atom stereocenters. The molecule has 1 aromatic rings. The van der Waals surface area contributed by atoms with E-state index in [1.807, 2.05) is 0 Å². The average Bonchev–Trinajstić information content (AvgIpc) is 2.75. The van der Waals surface area contributed by atoms with Crippen LogP contribution in [0.25, 0.3) is 0 Å². The number of thiocarbonyl (C=S) groups is 1. The summed E-state index contributed by atoms with van der Waals surface area (Å²) in [5.74, 6) is -0.234. The Kier molecular flexibility index (Phi) is 4.14. The molecule has 3 N–H and O–H groups in total. The van der Waals surface area contributed by atoms with Crippen LogP contribution >= 0.6 is 12.2 Å². The van der Waals surface area contributed by atoms with Crippen LogP contribution < -0.4 is 11.1 Å². The molecule has 5 heteroatoms. The van der Waals surface area contributed by atoms with Crippen LogP contribution in [0.15, 0.2) is 18.2 Å². The van der Waals surface area contributed by atoms with Crippen molar-refractivity contribution < 1.29 is 9.18 Å². The van der Waals surface area contributed by atoms with E-state index in [0.29, 0.717) is 11.6 Å². The van der Waals surface area contributed by atoms with Crippen molar-refractivity contribution in [3.63, 3.8) is 0 Å². The molecule has 0 spiro atoms. The maximum atomic E-state index is 13.7. The first kappa shape index (κ1) is 13.9. The number of nitrogens with one attached hydrogen (secondary N) is 1. The number of hydrogen-bond donors (Lipinski definition) is 2. The van der Waals surface area contributed by atoms with Crippen molar-refractivity contribution >= 4 is 28.8 Å². The number of halogens is 1. The number of rotatable bonds is 3. The quantitative estimate of drug-likeness (QED) is 0.837. The largest absolute Gasteiger partial charge is 0.389 e. The molecule has 102 valence electrons. The van der Waals surface area contributed by atoms with Crippen molar-refractivity contribution in [2.24, 2.45) is 17.6 Å². The lowest BCUT2D eigenvalue weighted by molar-refractivity contribution is -0.120. The van der Waals surface area contributed by atoms with E-state index in [1.165, 1.54) is 12.1 Å². The molecule has 0 radical (unpaired) electrons. The minimum atomic E-state index is -0.509. The average molecular weight is 280 g/mol. The van der Waals surface area contributed by atoms with Gasteiger partial charge in [0.2, 0.25) is 5.91 Å². The van der Waals surface area contributed by atoms with Gasteiger partial charge in [-0.1, -0.05) is 31.6 Å². The standard InChI is InChI=1S/C14H17FN2OS/c1-8-4-2-5-9(8)14(18)17-11-7-3-6-10(15)12(11)13(16)19/h3,6-9H,2,4-5H2,1H3,(H2,16,19)(H,17,18). The van der Waals surface area contributed by atoms with Gasteiger partial charge < -0.3 is 11.1 Å². The third-order valence-corrected chi connectivity index (χ3v) is 3.92. The maximum Gasteiger partial charge on any atom is 0.227 e. The minimum Gasteiger partial charge on any atom is -0.389 e. The van der Waals surface area contributed by atoms with Crippen molar-refractivity contribution in [1.29, 1.82) is 0 Å². The highest BCUT2D eigenvalue weighted by molar-refractivity contribution is 7.80. The summed E-state index contributed by atoms with van der Waals surface area (Å²) >= 11 is 4.83. The van der Waals surface area contributed by atoms with Crippen molar-refractivity contribution in [2.75, 3.05) is 5.32 Å². The Hall–Kier alpha value is -1.49. The Morgan fingerprint density at radius 1 is 1.47 bits per heavy atom. The highest BCUT2D eigenvalue weighted by Crippen LogP contribution is 2.32. The first-order chi connectivity index (χ1) is 9.00. The van der Waals surface area contributed by atoms with E-state index in [0.717, 1.165) is 19.3 Å². The van der Waals surface area contributed by atoms with E-state index >= 15 is 0 Å². The van der Waals surface area contributed by atoms with Gasteiger partial charge in [0.15, 0.2) is 0 Å². The zero-order chi connectivity index (χ0) is 14.0. The second kappa shape index (κ2) is 5.65. The predicted molar refractivity (Wildman–Crippen MR) is 77.4 cm³/mol. The third kappa shape index (κ3) is 2.92. The van der Waals surface area contributed by atoms with Gasteiger partial charge in [-0.15, -0.1) is 0 Å². The van der Waals surface area contributed by atoms with E-state index in [4.69, 9.17) is 18.0 Å². The third-order valence-electron chi connectivity index (χ3n) is 3.72. The van der Waals surface area contributed by atoms with Crippen LogP contribution in [0, 0.1) is 17.7 Å². The van der Waals surface area contributed by atoms with Gasteiger partial charge in [-0.2, -0.15) is 0 Å². The van der Waals surface area contributed by atoms with Crippen molar-refractivity contribution in [3.8, 4) is 0 Å². The molecule has 0 saturated heterocycles. The number of carbonyl (C=O) groups excluding carboxylic acids is 1. The molecular weight excluding hydrogens is 263 g/mol. The molecule has 3 nitrogen and oxygen atoms in total. The molecule has 1 amide bonds. The van der Waals surface area contributed by atoms with Gasteiger partial charge in [0.1, 0.15) is 10.8 Å². The topological polar surface area (TPSA) is 55.1 Å². The van der Waals surface area contributed by atoms with Crippen molar-refractivity contribution in [2.45, 2.75) is 26.2 Å². The maximum absolute atomic E-state index is 13.7. The first-order valence-electron chi connectivity index (χ1n) is 6.40. The molecule has 0 aliphatic heterocycles. The van der Waals surface area contributed by atoms with E-state index < -0.39 is 5.82 Å². The fourth-order valence-corrected chi connectivity index (χ4v) is 2.85. The molecule has 2 rings (SSSR count). The van der Waals surface area contributed by atoms with E-state index in [2.05, 4.69) is 12.2 Å². The molecule has 0 heterocycles. The zero-order valence-electron chi connectivity index (χ0n) is 10.8. The fraction of sp³-hybridized carbons (Fsp3) is 0.429. The Morgan fingerprint density at radius 2 is 2.21 bits per heavy atom. The lowest BCUT2D eigenvalue weighted by atomic mass is 9.97. The molecule has 19 heavy (non-hydrogen) atoms. The van der Waals surface area contributed by atoms with Gasteiger partial charge in [0.05, 0.1) is 11.3 Å². The van der Waals surface area contributed by atoms with Crippen LogP contribution in [0.2, 0.25) is 0 Å². The Bertz CT molecular complexity index is 518. The summed E-state index contributed by atoms with van der Waals surface area (Å²) in [5.41, 5.74) is 5.98. The van der Waals surface area contributed by atoms with Gasteiger partial charge in [-0.25, -0.2) is 4.39 Å². The molecule has 2 atom stereocenters. The SMILES string of the molecule is CC1CCCC1C(=O)Nc1cccc(F)c1C(N)=S. The Balaban J connectivity index is 2.21. The van der Waals surface area contributed by atoms with Gasteiger partial charge in [-0.05, 0) is 30.9 Å². The second-order valence-electron chi connectivity index (χ2n) is 5.03. The number of amides is 1. The van der Waals surface area contributed by atoms with Crippen LogP contribution in [0.5, 0.6) is 0 Å². The highest BCUT2D eigenvalue weighted by atomic mass is 32.1. The van der Waals surface area contributed by atoms with E-state index in [1.54, 1.807) is 6.07 Å². The first-order valence-corrected chi connectivity index (χ1v) is 6.80. The number of nitrogens with two attached hydrogens (primary N) is 1. The molecule has 1 fully saturated rings. The fourth-order valence-electron chi connectivity index (χ4n) is 2.64. The molecule has 0 bridgehead atoms. The van der Waals surface area contributed by atoms with Crippen molar-refractivity contribution in [3.05, 3.63) is 29.6 Å². The van der Waals surface area contributed by atoms with E-state index in [9.17, 15) is 9.18 Å². The Morgan fingerprint density at radius 3 is 2.79 bits per heavy atom. The Labute approximate surface area is 117 Å². The summed E-state index contributed by atoms with van der Waals surface area (Å²) in [4.78, 5) is 12.1. The molecule has 1 aliphatic carbocycles. The number of benzene rings is 1. The molecule has 1 aromatic carbocycles. The van der Waals surface area contributed by atoms with Gasteiger partial charge in [0.25, 0.3) is 0 Å². The molecule has 1 saturated carbocycles. The monoisotopic (exact) mass is 280 g/mol. The van der Waals surface area contributed by atoms with Gasteiger partial charge >= 0.3 is 0 Å². The minimum absolute atomic E-state index is 0.0116. The van der Waals surface area contributed by atoms with Crippen LogP contribution in [0.1, 0.15) is 31.7 Å². The highest BCUT2D eigenvalue weighted by Gasteiger charge is 2.30. The van der Waals surface area contributed by atoms with Crippen LogP contribution in [-0.2, 0) is 4.79 Å². The van der Waals surface area contributed by atoms with E-state index in [-0.39, 0.29) is 22.4 Å². The lowest BCUT2D eigenvalue weighted by Crippen LogP contribution is -2.26. The zero-order valence-corrected chi connectivity index (χ0v) is 11.6. The van der Waals surface area contributed by atoms with Gasteiger partial charge in [-0.3, -0.25) is 4.79 Å². The number of carbonyl (C=O) groups is 1. The smallest absolute Gasteiger partial charge is 0.227 e. The predicted octanol–water partition coefficient (Wildman–Crippen LogP) is 2.83. The summed E-state index contributed by atoms with van der Waals surface area (Å²) in [6.45, 7) is 2.07. The van der Waals surface area contributed by atoms with Crippen LogP contribution in [0.4, 0.5) is 10.1 Å². The van der Waals surface area contributed by atoms with Crippen LogP contribution in [-0.4, -0.2) is 10.9 Å². The molecule has 1 aliphatic rings.